The Kier molecular flexibility index (Phi) is 3.92. The molecule has 0 spiro atoms. The minimum absolute atomic E-state index is 0.0638. The van der Waals surface area contributed by atoms with Gasteiger partial charge in [0.1, 0.15) is 11.9 Å². The number of halogens is 4. The average molecular weight is 384 g/mol. The van der Waals surface area contributed by atoms with Gasteiger partial charge < -0.3 is 9.52 Å². The van der Waals surface area contributed by atoms with Gasteiger partial charge in [-0.05, 0) is 44.0 Å². The molecule has 0 radical (unpaired) electrons. The van der Waals surface area contributed by atoms with Crippen LogP contribution >= 0.6 is 43.5 Å². The van der Waals surface area contributed by atoms with Crippen molar-refractivity contribution in [3.05, 3.63) is 55.6 Å². The molecule has 1 unspecified atom stereocenters. The zero-order chi connectivity index (χ0) is 12.6. The summed E-state index contributed by atoms with van der Waals surface area (Å²) in [5.41, 5.74) is 0.0638. The first-order chi connectivity index (χ1) is 8.02. The smallest absolute Gasteiger partial charge is 0.151 e. The van der Waals surface area contributed by atoms with Crippen LogP contribution in [0.25, 0.3) is 0 Å². The van der Waals surface area contributed by atoms with E-state index in [1.807, 2.05) is 0 Å². The summed E-state index contributed by atoms with van der Waals surface area (Å²) >= 11 is 12.1. The van der Waals surface area contributed by atoms with Gasteiger partial charge in [-0.15, -0.1) is 0 Å². The van der Waals surface area contributed by atoms with E-state index in [0.29, 0.717) is 8.95 Å². The first kappa shape index (κ1) is 13.1. The number of benzene rings is 1. The summed E-state index contributed by atoms with van der Waals surface area (Å²) < 4.78 is 20.0. The fourth-order valence-electron chi connectivity index (χ4n) is 1.39. The Morgan fingerprint density at radius 2 is 1.94 bits per heavy atom. The molecule has 90 valence electrons. The number of hydrogen-bond donors (Lipinski definition) is 1. The van der Waals surface area contributed by atoms with E-state index in [2.05, 4.69) is 31.9 Å². The molecule has 1 aromatic carbocycles. The third-order valence-corrected chi connectivity index (χ3v) is 4.17. The lowest BCUT2D eigenvalue weighted by atomic mass is 10.1. The molecule has 2 rings (SSSR count). The summed E-state index contributed by atoms with van der Waals surface area (Å²) in [4.78, 5) is 0. The van der Waals surface area contributed by atoms with Crippen molar-refractivity contribution < 1.29 is 13.9 Å². The summed E-state index contributed by atoms with van der Waals surface area (Å²) in [6.45, 7) is 0. The van der Waals surface area contributed by atoms with Crippen molar-refractivity contribution >= 4 is 43.5 Å². The molecule has 0 aliphatic carbocycles. The molecule has 1 atom stereocenters. The quantitative estimate of drug-likeness (QED) is 0.763. The van der Waals surface area contributed by atoms with Gasteiger partial charge in [-0.25, -0.2) is 4.39 Å². The molecule has 0 saturated heterocycles. The summed E-state index contributed by atoms with van der Waals surface area (Å²) in [7, 11) is 0. The first-order valence-corrected chi connectivity index (χ1v) is 6.53. The average Bonchev–Trinajstić information content (AvgIpc) is 2.72. The van der Waals surface area contributed by atoms with Gasteiger partial charge in [0.05, 0.1) is 15.8 Å². The molecular weight excluding hydrogens is 378 g/mol. The highest BCUT2D eigenvalue weighted by Gasteiger charge is 2.22. The summed E-state index contributed by atoms with van der Waals surface area (Å²) in [5, 5.41) is 9.95. The van der Waals surface area contributed by atoms with Crippen molar-refractivity contribution in [2.24, 2.45) is 0 Å². The van der Waals surface area contributed by atoms with Gasteiger partial charge in [-0.2, -0.15) is 0 Å². The molecule has 6 heteroatoms. The van der Waals surface area contributed by atoms with Crippen LogP contribution in [0.4, 0.5) is 4.39 Å². The van der Waals surface area contributed by atoms with Gasteiger partial charge >= 0.3 is 0 Å². The Morgan fingerprint density at radius 1 is 1.24 bits per heavy atom. The predicted molar refractivity (Wildman–Crippen MR) is 69.6 cm³/mol. The molecule has 1 aromatic heterocycles. The molecule has 0 amide bonds. The van der Waals surface area contributed by atoms with Crippen molar-refractivity contribution in [3.8, 4) is 0 Å². The van der Waals surface area contributed by atoms with Crippen molar-refractivity contribution in [2.75, 3.05) is 0 Å². The van der Waals surface area contributed by atoms with E-state index in [1.165, 1.54) is 12.3 Å². The maximum Gasteiger partial charge on any atom is 0.151 e. The van der Waals surface area contributed by atoms with Gasteiger partial charge in [-0.1, -0.05) is 17.7 Å². The number of hydrogen-bond acceptors (Lipinski definition) is 2. The Labute approximate surface area is 119 Å². The predicted octanol–water partition coefficient (Wildman–Crippen LogP) is 4.68. The van der Waals surface area contributed by atoms with E-state index in [0.717, 1.165) is 0 Å². The van der Waals surface area contributed by atoms with Crippen LogP contribution < -0.4 is 0 Å². The van der Waals surface area contributed by atoms with Gasteiger partial charge in [0.15, 0.2) is 5.76 Å². The topological polar surface area (TPSA) is 33.4 Å². The van der Waals surface area contributed by atoms with Crippen LogP contribution in [0.5, 0.6) is 0 Å². The maximum absolute atomic E-state index is 13.9. The molecule has 2 aromatic rings. The second kappa shape index (κ2) is 5.10. The molecule has 0 aliphatic rings. The van der Waals surface area contributed by atoms with E-state index >= 15 is 0 Å². The highest BCUT2D eigenvalue weighted by molar-refractivity contribution is 9.10. The van der Waals surface area contributed by atoms with Gasteiger partial charge in [-0.3, -0.25) is 0 Å². The van der Waals surface area contributed by atoms with E-state index in [4.69, 9.17) is 16.0 Å². The van der Waals surface area contributed by atoms with Gasteiger partial charge in [0.2, 0.25) is 0 Å². The molecule has 1 N–H and O–H groups in total. The lowest BCUT2D eigenvalue weighted by molar-refractivity contribution is 0.183. The highest BCUT2D eigenvalue weighted by atomic mass is 79.9. The second-order valence-electron chi connectivity index (χ2n) is 3.30. The largest absolute Gasteiger partial charge is 0.465 e. The Balaban J connectivity index is 2.48. The molecule has 17 heavy (non-hydrogen) atoms. The molecule has 2 nitrogen and oxygen atoms in total. The van der Waals surface area contributed by atoms with E-state index in [1.54, 1.807) is 12.1 Å². The number of aliphatic hydroxyl groups is 1. The van der Waals surface area contributed by atoms with Crippen LogP contribution in [0.15, 0.2) is 37.8 Å². The maximum atomic E-state index is 13.9. The molecule has 0 saturated carbocycles. The summed E-state index contributed by atoms with van der Waals surface area (Å²) in [5.74, 6) is -0.431. The number of furan rings is 1. The van der Waals surface area contributed by atoms with E-state index in [-0.39, 0.29) is 16.3 Å². The summed E-state index contributed by atoms with van der Waals surface area (Å²) in [6, 6.07) is 4.64. The lowest BCUT2D eigenvalue weighted by Crippen LogP contribution is -2.02. The highest BCUT2D eigenvalue weighted by Crippen LogP contribution is 2.35. The second-order valence-corrected chi connectivity index (χ2v) is 5.39. The van der Waals surface area contributed by atoms with Crippen molar-refractivity contribution in [1.82, 2.24) is 0 Å². The normalized spacial score (nSPS) is 12.8. The van der Waals surface area contributed by atoms with Crippen molar-refractivity contribution in [3.63, 3.8) is 0 Å². The third kappa shape index (κ3) is 2.42. The molecule has 0 fully saturated rings. The minimum Gasteiger partial charge on any atom is -0.465 e. The Hall–Kier alpha value is -0.360. The SMILES string of the molecule is OC(c1ccc(Br)c(Cl)c1F)c1occc1Br. The minimum atomic E-state index is -1.20. The molecule has 0 bridgehead atoms. The van der Waals surface area contributed by atoms with Crippen molar-refractivity contribution in [2.45, 2.75) is 6.10 Å². The van der Waals surface area contributed by atoms with Crippen LogP contribution in [-0.4, -0.2) is 5.11 Å². The monoisotopic (exact) mass is 382 g/mol. The van der Waals surface area contributed by atoms with E-state index < -0.39 is 11.9 Å². The molecule has 1 heterocycles. The summed E-state index contributed by atoms with van der Waals surface area (Å²) in [6.07, 6.45) is 0.200. The van der Waals surface area contributed by atoms with Gasteiger partial charge in [0, 0.05) is 10.0 Å². The number of rotatable bonds is 2. The fraction of sp³-hybridized carbons (Fsp3) is 0.0909. The zero-order valence-corrected chi connectivity index (χ0v) is 12.2. The van der Waals surface area contributed by atoms with E-state index in [9.17, 15) is 9.50 Å². The molecule has 0 aliphatic heterocycles. The van der Waals surface area contributed by atoms with Crippen molar-refractivity contribution in [1.29, 1.82) is 0 Å². The standard InChI is InChI=1S/C11H6Br2ClFO2/c12-6-2-1-5(9(15)8(6)14)10(16)11-7(13)3-4-17-11/h1-4,10,16H. The Bertz CT molecular complexity index is 556. The van der Waals surface area contributed by atoms with Gasteiger partial charge in [0.25, 0.3) is 0 Å². The van der Waals surface area contributed by atoms with Crippen LogP contribution in [0.2, 0.25) is 5.02 Å². The lowest BCUT2D eigenvalue weighted by Gasteiger charge is -2.11. The molecular formula is C11H6Br2ClFO2. The van der Waals surface area contributed by atoms with Crippen LogP contribution in [-0.2, 0) is 0 Å². The van der Waals surface area contributed by atoms with Crippen LogP contribution in [0.3, 0.4) is 0 Å². The van der Waals surface area contributed by atoms with Crippen LogP contribution in [0, 0.1) is 5.82 Å². The zero-order valence-electron chi connectivity index (χ0n) is 8.25. The first-order valence-electron chi connectivity index (χ1n) is 4.56. The Morgan fingerprint density at radius 3 is 2.53 bits per heavy atom. The van der Waals surface area contributed by atoms with Crippen LogP contribution in [0.1, 0.15) is 17.4 Å². The third-order valence-electron chi connectivity index (χ3n) is 2.25. The number of aliphatic hydroxyl groups excluding tert-OH is 1. The fourth-order valence-corrected chi connectivity index (χ4v) is 2.29.